The van der Waals surface area contributed by atoms with Crippen molar-refractivity contribution in [3.63, 3.8) is 0 Å². The molecule has 0 spiro atoms. The van der Waals surface area contributed by atoms with Crippen molar-refractivity contribution in [1.29, 1.82) is 0 Å². The number of nitrogens with zero attached hydrogens (tertiary/aromatic N) is 3. The van der Waals surface area contributed by atoms with Crippen molar-refractivity contribution in [3.05, 3.63) is 36.2 Å². The number of benzene rings is 1. The monoisotopic (exact) mass is 288 g/mol. The van der Waals surface area contributed by atoms with Gasteiger partial charge in [-0.25, -0.2) is 0 Å². The Morgan fingerprint density at radius 2 is 2.14 bits per heavy atom. The molecule has 6 heteroatoms. The summed E-state index contributed by atoms with van der Waals surface area (Å²) in [6.07, 6.45) is 4.48. The van der Waals surface area contributed by atoms with Gasteiger partial charge < -0.3 is 14.8 Å². The van der Waals surface area contributed by atoms with Crippen molar-refractivity contribution in [1.82, 2.24) is 20.3 Å². The number of nitrogens with one attached hydrogen (secondary N) is 1. The molecule has 0 radical (unpaired) electrons. The van der Waals surface area contributed by atoms with Gasteiger partial charge in [0.05, 0.1) is 26.0 Å². The van der Waals surface area contributed by atoms with E-state index in [0.717, 1.165) is 37.6 Å². The maximum Gasteiger partial charge on any atom is 0.161 e. The molecule has 0 bridgehead atoms. The first-order chi connectivity index (χ1) is 10.3. The normalized spacial score (nSPS) is 15.5. The van der Waals surface area contributed by atoms with Gasteiger partial charge >= 0.3 is 0 Å². The van der Waals surface area contributed by atoms with Crippen molar-refractivity contribution in [3.8, 4) is 11.5 Å². The maximum atomic E-state index is 5.73. The number of aromatic nitrogens is 3. The first kappa shape index (κ1) is 13.9. The first-order valence-corrected chi connectivity index (χ1v) is 7.30. The zero-order valence-corrected chi connectivity index (χ0v) is 12.2. The van der Waals surface area contributed by atoms with Crippen LogP contribution in [0.1, 0.15) is 24.9 Å². The molecular weight excluding hydrogens is 268 g/mol. The fraction of sp³-hybridized carbons (Fsp3) is 0.467. The topological polar surface area (TPSA) is 61.2 Å². The minimum Gasteiger partial charge on any atom is -0.490 e. The van der Waals surface area contributed by atoms with E-state index >= 15 is 0 Å². The summed E-state index contributed by atoms with van der Waals surface area (Å²) in [5.74, 6) is 1.68. The quantitative estimate of drug-likeness (QED) is 0.909. The van der Waals surface area contributed by atoms with Crippen LogP contribution in [0.15, 0.2) is 30.6 Å². The molecule has 0 saturated carbocycles. The number of ether oxygens (including phenoxy) is 2. The van der Waals surface area contributed by atoms with Gasteiger partial charge in [-0.05, 0) is 24.6 Å². The summed E-state index contributed by atoms with van der Waals surface area (Å²) < 4.78 is 13.2. The van der Waals surface area contributed by atoms with E-state index in [-0.39, 0.29) is 6.04 Å². The van der Waals surface area contributed by atoms with Crippen molar-refractivity contribution in [2.24, 2.45) is 0 Å². The zero-order valence-electron chi connectivity index (χ0n) is 12.2. The molecule has 0 fully saturated rings. The molecule has 1 N–H and O–H groups in total. The van der Waals surface area contributed by atoms with Gasteiger partial charge in [-0.2, -0.15) is 0 Å². The van der Waals surface area contributed by atoms with Gasteiger partial charge in [0.25, 0.3) is 0 Å². The lowest BCUT2D eigenvalue weighted by Crippen LogP contribution is -2.23. The Hall–Kier alpha value is -2.08. The predicted molar refractivity (Wildman–Crippen MR) is 78.5 cm³/mol. The van der Waals surface area contributed by atoms with Gasteiger partial charge in [0, 0.05) is 25.2 Å². The maximum absolute atomic E-state index is 5.73. The van der Waals surface area contributed by atoms with Crippen LogP contribution in [0.5, 0.6) is 11.5 Å². The Balaban J connectivity index is 1.59. The van der Waals surface area contributed by atoms with Crippen LogP contribution in [0.3, 0.4) is 0 Å². The Morgan fingerprint density at radius 1 is 1.29 bits per heavy atom. The smallest absolute Gasteiger partial charge is 0.161 e. The van der Waals surface area contributed by atoms with Crippen LogP contribution in [-0.2, 0) is 6.54 Å². The van der Waals surface area contributed by atoms with Crippen molar-refractivity contribution in [2.75, 3.05) is 19.8 Å². The Labute approximate surface area is 124 Å². The molecule has 1 aromatic heterocycles. The summed E-state index contributed by atoms with van der Waals surface area (Å²) in [6.45, 7) is 5.21. The van der Waals surface area contributed by atoms with Crippen LogP contribution in [-0.4, -0.2) is 34.8 Å². The molecule has 0 saturated heterocycles. The summed E-state index contributed by atoms with van der Waals surface area (Å²) in [5.41, 5.74) is 1.19. The molecule has 21 heavy (non-hydrogen) atoms. The highest BCUT2D eigenvalue weighted by Crippen LogP contribution is 2.32. The fourth-order valence-electron chi connectivity index (χ4n) is 2.31. The molecule has 1 aliphatic heterocycles. The average molecular weight is 288 g/mol. The van der Waals surface area contributed by atoms with E-state index < -0.39 is 0 Å². The second-order valence-electron chi connectivity index (χ2n) is 5.10. The highest BCUT2D eigenvalue weighted by molar-refractivity contribution is 5.44. The van der Waals surface area contributed by atoms with Gasteiger partial charge in [0.2, 0.25) is 0 Å². The van der Waals surface area contributed by atoms with Crippen LogP contribution in [0.2, 0.25) is 0 Å². The zero-order chi connectivity index (χ0) is 14.5. The summed E-state index contributed by atoms with van der Waals surface area (Å²) in [4.78, 5) is 0. The molecule has 0 amide bonds. The third-order valence-electron chi connectivity index (χ3n) is 3.53. The van der Waals surface area contributed by atoms with E-state index in [9.17, 15) is 0 Å². The third kappa shape index (κ3) is 3.52. The van der Waals surface area contributed by atoms with Crippen LogP contribution >= 0.6 is 0 Å². The fourth-order valence-corrected chi connectivity index (χ4v) is 2.31. The van der Waals surface area contributed by atoms with Crippen molar-refractivity contribution < 1.29 is 9.47 Å². The summed E-state index contributed by atoms with van der Waals surface area (Å²) in [6, 6.07) is 6.38. The first-order valence-electron chi connectivity index (χ1n) is 7.30. The van der Waals surface area contributed by atoms with Gasteiger partial charge in [-0.3, -0.25) is 4.68 Å². The van der Waals surface area contributed by atoms with Gasteiger partial charge in [-0.1, -0.05) is 11.3 Å². The Bertz CT molecular complexity index is 571. The van der Waals surface area contributed by atoms with E-state index in [0.29, 0.717) is 6.61 Å². The summed E-state index contributed by atoms with van der Waals surface area (Å²) in [7, 11) is 0. The van der Waals surface area contributed by atoms with Gasteiger partial charge in [-0.15, -0.1) is 5.10 Å². The average Bonchev–Trinajstić information content (AvgIpc) is 2.90. The SMILES string of the molecule is CC(NCCn1ccnn1)c1ccc2c(c1)OCCCO2. The van der Waals surface area contributed by atoms with Crippen LogP contribution < -0.4 is 14.8 Å². The Morgan fingerprint density at radius 3 is 2.95 bits per heavy atom. The lowest BCUT2D eigenvalue weighted by atomic mass is 10.1. The Kier molecular flexibility index (Phi) is 4.35. The molecule has 2 aromatic rings. The number of hydrogen-bond donors (Lipinski definition) is 1. The van der Waals surface area contributed by atoms with Crippen LogP contribution in [0.25, 0.3) is 0 Å². The van der Waals surface area contributed by atoms with Gasteiger partial charge in [0.15, 0.2) is 11.5 Å². The molecule has 1 aromatic carbocycles. The minimum atomic E-state index is 0.241. The van der Waals surface area contributed by atoms with E-state index in [1.165, 1.54) is 5.56 Å². The molecule has 2 heterocycles. The third-order valence-corrected chi connectivity index (χ3v) is 3.53. The molecule has 1 unspecified atom stereocenters. The molecule has 3 rings (SSSR count). The van der Waals surface area contributed by atoms with Crippen LogP contribution in [0.4, 0.5) is 0 Å². The molecule has 112 valence electrons. The number of rotatable bonds is 5. The standard InChI is InChI=1S/C15H20N4O2/c1-12(16-5-7-19-8-6-17-18-19)13-3-4-14-15(11-13)21-10-2-9-20-14/h3-4,6,8,11-12,16H,2,5,7,9-10H2,1H3. The number of fused-ring (bicyclic) bond motifs is 1. The van der Waals surface area contributed by atoms with E-state index in [4.69, 9.17) is 9.47 Å². The van der Waals surface area contributed by atoms with E-state index in [1.807, 2.05) is 16.9 Å². The highest BCUT2D eigenvalue weighted by atomic mass is 16.5. The van der Waals surface area contributed by atoms with Crippen molar-refractivity contribution >= 4 is 0 Å². The minimum absolute atomic E-state index is 0.241. The molecule has 1 atom stereocenters. The van der Waals surface area contributed by atoms with E-state index in [2.05, 4.69) is 34.7 Å². The van der Waals surface area contributed by atoms with E-state index in [1.54, 1.807) is 6.20 Å². The van der Waals surface area contributed by atoms with Crippen molar-refractivity contribution in [2.45, 2.75) is 25.9 Å². The molecule has 6 nitrogen and oxygen atoms in total. The highest BCUT2D eigenvalue weighted by Gasteiger charge is 2.13. The second-order valence-corrected chi connectivity index (χ2v) is 5.10. The summed E-state index contributed by atoms with van der Waals surface area (Å²) in [5, 5.41) is 11.2. The van der Waals surface area contributed by atoms with Gasteiger partial charge in [0.1, 0.15) is 0 Å². The predicted octanol–water partition coefficient (Wildman–Crippen LogP) is 1.79. The number of hydrogen-bond acceptors (Lipinski definition) is 5. The second kappa shape index (κ2) is 6.58. The van der Waals surface area contributed by atoms with Crippen LogP contribution in [0, 0.1) is 0 Å². The largest absolute Gasteiger partial charge is 0.490 e. The summed E-state index contributed by atoms with van der Waals surface area (Å²) >= 11 is 0. The molecule has 0 aliphatic carbocycles. The molecule has 1 aliphatic rings. The lowest BCUT2D eigenvalue weighted by Gasteiger charge is -2.16. The molecular formula is C15H20N4O2. The lowest BCUT2D eigenvalue weighted by molar-refractivity contribution is 0.297.